The summed E-state index contributed by atoms with van der Waals surface area (Å²) in [6, 6.07) is 15.1. The SMILES string of the molecule is O=C(COC(=O)c1ccccc1NC(=O)c1ccco1)Nc1cccc(S(=O)(=O)N2CCCC2)c1. The fraction of sp³-hybridized carbons (Fsp3) is 0.208. The normalized spacial score (nSPS) is 13.8. The third-order valence-corrected chi connectivity index (χ3v) is 7.19. The lowest BCUT2D eigenvalue weighted by Crippen LogP contribution is -2.28. The Morgan fingerprint density at radius 3 is 2.46 bits per heavy atom. The molecular formula is C24H23N3O7S. The van der Waals surface area contributed by atoms with Crippen LogP contribution in [0.4, 0.5) is 11.4 Å². The molecule has 0 atom stereocenters. The number of hydrogen-bond donors (Lipinski definition) is 2. The van der Waals surface area contributed by atoms with Gasteiger partial charge >= 0.3 is 5.97 Å². The highest BCUT2D eigenvalue weighted by atomic mass is 32.2. The molecule has 1 saturated heterocycles. The minimum atomic E-state index is -3.63. The number of carbonyl (C=O) groups is 3. The summed E-state index contributed by atoms with van der Waals surface area (Å²) in [6.45, 7) is 0.332. The van der Waals surface area contributed by atoms with Crippen molar-refractivity contribution in [1.29, 1.82) is 0 Å². The number of nitrogens with one attached hydrogen (secondary N) is 2. The Bertz CT molecular complexity index is 1330. The summed E-state index contributed by atoms with van der Waals surface area (Å²) in [6.07, 6.45) is 2.98. The van der Waals surface area contributed by atoms with Crippen LogP contribution in [0.3, 0.4) is 0 Å². The van der Waals surface area contributed by atoms with E-state index in [9.17, 15) is 22.8 Å². The summed E-state index contributed by atoms with van der Waals surface area (Å²) in [4.78, 5) is 37.2. The van der Waals surface area contributed by atoms with Crippen molar-refractivity contribution in [3.63, 3.8) is 0 Å². The number of rotatable bonds is 8. The molecule has 0 aliphatic carbocycles. The molecule has 2 N–H and O–H groups in total. The van der Waals surface area contributed by atoms with Gasteiger partial charge in [0.1, 0.15) is 0 Å². The smallest absolute Gasteiger partial charge is 0.340 e. The molecule has 0 radical (unpaired) electrons. The van der Waals surface area contributed by atoms with Crippen LogP contribution in [0.15, 0.2) is 76.2 Å². The van der Waals surface area contributed by atoms with Gasteiger partial charge in [0.15, 0.2) is 12.4 Å². The van der Waals surface area contributed by atoms with Gasteiger partial charge in [-0.1, -0.05) is 18.2 Å². The highest BCUT2D eigenvalue weighted by molar-refractivity contribution is 7.89. The molecule has 0 saturated carbocycles. The zero-order valence-corrected chi connectivity index (χ0v) is 19.4. The highest BCUT2D eigenvalue weighted by Gasteiger charge is 2.27. The molecule has 3 aromatic rings. The van der Waals surface area contributed by atoms with Crippen molar-refractivity contribution in [3.8, 4) is 0 Å². The van der Waals surface area contributed by atoms with E-state index in [2.05, 4.69) is 10.6 Å². The summed E-state index contributed by atoms with van der Waals surface area (Å²) in [7, 11) is -3.63. The first-order valence-corrected chi connectivity index (χ1v) is 12.3. The average Bonchev–Trinajstić information content (AvgIpc) is 3.58. The molecule has 4 rings (SSSR count). The summed E-state index contributed by atoms with van der Waals surface area (Å²) in [5, 5.41) is 5.11. The van der Waals surface area contributed by atoms with E-state index in [0.29, 0.717) is 13.1 Å². The number of anilines is 2. The van der Waals surface area contributed by atoms with Crippen molar-refractivity contribution < 1.29 is 32.0 Å². The van der Waals surface area contributed by atoms with E-state index in [1.807, 2.05) is 0 Å². The number of amides is 2. The van der Waals surface area contributed by atoms with Crippen LogP contribution in [0.1, 0.15) is 33.8 Å². The van der Waals surface area contributed by atoms with Crippen LogP contribution in [-0.4, -0.2) is 50.2 Å². The van der Waals surface area contributed by atoms with Crippen molar-refractivity contribution in [1.82, 2.24) is 4.31 Å². The maximum absolute atomic E-state index is 12.7. The lowest BCUT2D eigenvalue weighted by Gasteiger charge is -2.16. The first kappa shape index (κ1) is 24.2. The Balaban J connectivity index is 1.37. The number of sulfonamides is 1. The number of esters is 1. The van der Waals surface area contributed by atoms with Gasteiger partial charge in [-0.25, -0.2) is 13.2 Å². The highest BCUT2D eigenvalue weighted by Crippen LogP contribution is 2.23. The van der Waals surface area contributed by atoms with Crippen LogP contribution in [0.5, 0.6) is 0 Å². The predicted molar refractivity (Wildman–Crippen MR) is 126 cm³/mol. The van der Waals surface area contributed by atoms with Crippen LogP contribution in [0.25, 0.3) is 0 Å². The summed E-state index contributed by atoms with van der Waals surface area (Å²) in [5.74, 6) is -1.94. The topological polar surface area (TPSA) is 135 Å². The lowest BCUT2D eigenvalue weighted by atomic mass is 10.1. The molecule has 2 aromatic carbocycles. The Labute approximate surface area is 201 Å². The fourth-order valence-electron chi connectivity index (χ4n) is 3.58. The average molecular weight is 498 g/mol. The minimum Gasteiger partial charge on any atom is -0.459 e. The molecule has 2 heterocycles. The van der Waals surface area contributed by atoms with E-state index in [1.54, 1.807) is 24.3 Å². The van der Waals surface area contributed by atoms with Crippen LogP contribution < -0.4 is 10.6 Å². The maximum atomic E-state index is 12.7. The third kappa shape index (κ3) is 5.76. The van der Waals surface area contributed by atoms with Gasteiger partial charge in [0.25, 0.3) is 11.8 Å². The molecule has 1 aliphatic rings. The second-order valence-electron chi connectivity index (χ2n) is 7.74. The van der Waals surface area contributed by atoms with E-state index in [1.165, 1.54) is 47.0 Å². The summed E-state index contributed by atoms with van der Waals surface area (Å²) in [5.41, 5.74) is 0.510. The van der Waals surface area contributed by atoms with Gasteiger partial charge in [0.2, 0.25) is 10.0 Å². The van der Waals surface area contributed by atoms with Crippen LogP contribution in [-0.2, 0) is 19.6 Å². The van der Waals surface area contributed by atoms with Gasteiger partial charge in [-0.05, 0) is 55.3 Å². The molecule has 35 heavy (non-hydrogen) atoms. The molecule has 2 amide bonds. The number of benzene rings is 2. The van der Waals surface area contributed by atoms with E-state index in [4.69, 9.17) is 9.15 Å². The molecule has 1 aromatic heterocycles. The molecule has 182 valence electrons. The first-order valence-electron chi connectivity index (χ1n) is 10.9. The molecule has 1 fully saturated rings. The van der Waals surface area contributed by atoms with Crippen LogP contribution >= 0.6 is 0 Å². The molecule has 11 heteroatoms. The number of para-hydroxylation sites is 1. The second kappa shape index (κ2) is 10.5. The Morgan fingerprint density at radius 1 is 0.943 bits per heavy atom. The van der Waals surface area contributed by atoms with Crippen molar-refractivity contribution in [2.45, 2.75) is 17.7 Å². The van der Waals surface area contributed by atoms with E-state index < -0.39 is 34.4 Å². The van der Waals surface area contributed by atoms with Gasteiger partial charge in [0.05, 0.1) is 22.4 Å². The molecule has 1 aliphatic heterocycles. The summed E-state index contributed by atoms with van der Waals surface area (Å²) < 4.78 is 37.0. The first-order chi connectivity index (χ1) is 16.8. The zero-order chi connectivity index (χ0) is 24.8. The third-order valence-electron chi connectivity index (χ3n) is 5.30. The maximum Gasteiger partial charge on any atom is 0.340 e. The van der Waals surface area contributed by atoms with Gasteiger partial charge in [-0.3, -0.25) is 9.59 Å². The quantitative estimate of drug-likeness (QED) is 0.457. The molecular weight excluding hydrogens is 474 g/mol. The van der Waals surface area contributed by atoms with E-state index in [0.717, 1.165) is 12.8 Å². The lowest BCUT2D eigenvalue weighted by molar-refractivity contribution is -0.119. The van der Waals surface area contributed by atoms with Crippen molar-refractivity contribution in [3.05, 3.63) is 78.3 Å². The molecule has 0 unspecified atom stereocenters. The predicted octanol–water partition coefficient (Wildman–Crippen LogP) is 3.11. The molecule has 0 bridgehead atoms. The van der Waals surface area contributed by atoms with E-state index >= 15 is 0 Å². The van der Waals surface area contributed by atoms with Crippen molar-refractivity contribution in [2.75, 3.05) is 30.3 Å². The largest absolute Gasteiger partial charge is 0.459 e. The number of furan rings is 1. The van der Waals surface area contributed by atoms with Crippen LogP contribution in [0.2, 0.25) is 0 Å². The summed E-state index contributed by atoms with van der Waals surface area (Å²) >= 11 is 0. The Hall–Kier alpha value is -3.96. The van der Waals surface area contributed by atoms with Crippen molar-refractivity contribution in [2.24, 2.45) is 0 Å². The van der Waals surface area contributed by atoms with Crippen LogP contribution in [0, 0.1) is 0 Å². The molecule has 10 nitrogen and oxygen atoms in total. The number of nitrogens with zero attached hydrogens (tertiary/aromatic N) is 1. The van der Waals surface area contributed by atoms with Crippen molar-refractivity contribution >= 4 is 39.2 Å². The van der Waals surface area contributed by atoms with Gasteiger partial charge in [-0.15, -0.1) is 0 Å². The van der Waals surface area contributed by atoms with Gasteiger partial charge in [-0.2, -0.15) is 4.31 Å². The fourth-order valence-corrected chi connectivity index (χ4v) is 5.14. The molecule has 0 spiro atoms. The number of hydrogen-bond acceptors (Lipinski definition) is 7. The number of ether oxygens (including phenoxy) is 1. The zero-order valence-electron chi connectivity index (χ0n) is 18.6. The standard InChI is InChI=1S/C24H23N3O7S/c28-22(25-17-7-5-8-18(15-17)35(31,32)27-12-3-4-13-27)16-34-24(30)19-9-1-2-10-20(19)26-23(29)21-11-6-14-33-21/h1-2,5-11,14-15H,3-4,12-13,16H2,(H,25,28)(H,26,29). The minimum absolute atomic E-state index is 0.0545. The van der Waals surface area contributed by atoms with E-state index in [-0.39, 0.29) is 27.6 Å². The second-order valence-corrected chi connectivity index (χ2v) is 9.68. The van der Waals surface area contributed by atoms with Gasteiger partial charge < -0.3 is 19.8 Å². The Kier molecular flexibility index (Phi) is 7.28. The number of carbonyl (C=O) groups excluding carboxylic acids is 3. The monoisotopic (exact) mass is 497 g/mol. The Morgan fingerprint density at radius 2 is 1.71 bits per heavy atom. The van der Waals surface area contributed by atoms with Gasteiger partial charge in [0, 0.05) is 18.8 Å².